The Morgan fingerprint density at radius 3 is 2.61 bits per heavy atom. The van der Waals surface area contributed by atoms with Gasteiger partial charge < -0.3 is 15.4 Å². The Hall–Kier alpha value is -1.39. The summed E-state index contributed by atoms with van der Waals surface area (Å²) in [5, 5.41) is 6.10. The summed E-state index contributed by atoms with van der Waals surface area (Å²) in [7, 11) is 1.55. The maximum absolute atomic E-state index is 12.0. The number of methoxy groups -OCH3 is 1. The molecule has 0 saturated heterocycles. The van der Waals surface area contributed by atoms with E-state index in [9.17, 15) is 4.79 Å². The lowest BCUT2D eigenvalue weighted by Crippen LogP contribution is -2.32. The van der Waals surface area contributed by atoms with Crippen LogP contribution in [0, 0.1) is 0 Å². The molecule has 0 fully saturated rings. The van der Waals surface area contributed by atoms with Crippen molar-refractivity contribution in [3.8, 4) is 0 Å². The van der Waals surface area contributed by atoms with Gasteiger partial charge in [0.1, 0.15) is 0 Å². The summed E-state index contributed by atoms with van der Waals surface area (Å²) < 4.78 is 5.25. The van der Waals surface area contributed by atoms with E-state index >= 15 is 0 Å². The second-order valence-corrected chi connectivity index (χ2v) is 4.02. The largest absolute Gasteiger partial charge is 0.367 e. The fraction of sp³-hybridized carbons (Fsp3) is 0.500. The van der Waals surface area contributed by atoms with E-state index in [4.69, 9.17) is 4.74 Å². The van der Waals surface area contributed by atoms with Gasteiger partial charge in [0.25, 0.3) is 5.91 Å². The molecule has 0 radical (unpaired) electrons. The minimum absolute atomic E-state index is 0.0831. The molecule has 0 bridgehead atoms. The molecule has 1 atom stereocenters. The van der Waals surface area contributed by atoms with E-state index in [2.05, 4.69) is 17.6 Å². The summed E-state index contributed by atoms with van der Waals surface area (Å²) in [5.74, 6) is -0.0831. The van der Waals surface area contributed by atoms with Crippen molar-refractivity contribution in [1.82, 2.24) is 10.6 Å². The second-order valence-electron chi connectivity index (χ2n) is 4.02. The number of ether oxygens (including phenoxy) is 1. The van der Waals surface area contributed by atoms with Gasteiger partial charge in [-0.1, -0.05) is 37.3 Å². The van der Waals surface area contributed by atoms with Gasteiger partial charge in [0.05, 0.1) is 0 Å². The molecule has 4 nitrogen and oxygen atoms in total. The van der Waals surface area contributed by atoms with Gasteiger partial charge in [0.2, 0.25) is 0 Å². The molecule has 18 heavy (non-hydrogen) atoms. The first kappa shape index (κ1) is 14.7. The zero-order valence-corrected chi connectivity index (χ0v) is 11.1. The van der Waals surface area contributed by atoms with Crippen LogP contribution in [-0.2, 0) is 9.53 Å². The number of benzene rings is 1. The number of hydrogen-bond acceptors (Lipinski definition) is 3. The topological polar surface area (TPSA) is 50.4 Å². The highest BCUT2D eigenvalue weighted by Gasteiger charge is 2.18. The summed E-state index contributed by atoms with van der Waals surface area (Å²) in [5.41, 5.74) is 0.879. The van der Waals surface area contributed by atoms with E-state index in [0.29, 0.717) is 6.54 Å². The van der Waals surface area contributed by atoms with Crippen molar-refractivity contribution in [1.29, 1.82) is 0 Å². The number of carbonyl (C=O) groups is 1. The Balaban J connectivity index is 2.39. The Morgan fingerprint density at radius 1 is 1.28 bits per heavy atom. The summed E-state index contributed by atoms with van der Waals surface area (Å²) in [6, 6.07) is 9.52. The molecule has 0 aliphatic rings. The monoisotopic (exact) mass is 250 g/mol. The fourth-order valence-electron chi connectivity index (χ4n) is 1.72. The molecule has 1 unspecified atom stereocenters. The summed E-state index contributed by atoms with van der Waals surface area (Å²) in [6.45, 7) is 4.60. The van der Waals surface area contributed by atoms with Gasteiger partial charge in [-0.2, -0.15) is 0 Å². The van der Waals surface area contributed by atoms with Crippen molar-refractivity contribution in [2.45, 2.75) is 19.4 Å². The maximum Gasteiger partial charge on any atom is 0.253 e. The van der Waals surface area contributed by atoms with Crippen LogP contribution in [0.3, 0.4) is 0 Å². The van der Waals surface area contributed by atoms with Crippen molar-refractivity contribution < 1.29 is 9.53 Å². The second kappa shape index (κ2) is 8.66. The molecule has 1 aromatic carbocycles. The first-order valence-corrected chi connectivity index (χ1v) is 6.35. The highest BCUT2D eigenvalue weighted by Crippen LogP contribution is 2.15. The Kier molecular flexibility index (Phi) is 7.06. The predicted molar refractivity (Wildman–Crippen MR) is 72.4 cm³/mol. The third kappa shape index (κ3) is 4.85. The molecule has 100 valence electrons. The Bertz CT molecular complexity index is 341. The SMILES string of the molecule is CCNCCCNC(=O)C(OC)c1ccccc1. The van der Waals surface area contributed by atoms with E-state index in [-0.39, 0.29) is 5.91 Å². The van der Waals surface area contributed by atoms with E-state index < -0.39 is 6.10 Å². The van der Waals surface area contributed by atoms with Crippen molar-refractivity contribution in [2.75, 3.05) is 26.7 Å². The lowest BCUT2D eigenvalue weighted by Gasteiger charge is -2.15. The molecule has 4 heteroatoms. The molecule has 0 spiro atoms. The molecule has 0 heterocycles. The van der Waals surface area contributed by atoms with Crippen molar-refractivity contribution in [3.63, 3.8) is 0 Å². The number of amides is 1. The quantitative estimate of drug-likeness (QED) is 0.687. The van der Waals surface area contributed by atoms with Crippen LogP contribution in [0.15, 0.2) is 30.3 Å². The van der Waals surface area contributed by atoms with Gasteiger partial charge >= 0.3 is 0 Å². The maximum atomic E-state index is 12.0. The zero-order chi connectivity index (χ0) is 13.2. The molecule has 0 saturated carbocycles. The molecule has 2 N–H and O–H groups in total. The van der Waals surface area contributed by atoms with Crippen LogP contribution in [0.5, 0.6) is 0 Å². The minimum Gasteiger partial charge on any atom is -0.367 e. The number of nitrogens with one attached hydrogen (secondary N) is 2. The lowest BCUT2D eigenvalue weighted by molar-refractivity contribution is -0.131. The van der Waals surface area contributed by atoms with Crippen LogP contribution >= 0.6 is 0 Å². The van der Waals surface area contributed by atoms with E-state index in [1.807, 2.05) is 30.3 Å². The highest BCUT2D eigenvalue weighted by atomic mass is 16.5. The molecule has 1 aromatic rings. The summed E-state index contributed by atoms with van der Waals surface area (Å²) in [6.07, 6.45) is 0.399. The molecule has 1 amide bonds. The van der Waals surface area contributed by atoms with Gasteiger partial charge in [-0.25, -0.2) is 0 Å². The number of rotatable bonds is 8. The predicted octanol–water partition coefficient (Wildman–Crippen LogP) is 1.49. The van der Waals surface area contributed by atoms with Crippen LogP contribution in [-0.4, -0.2) is 32.7 Å². The van der Waals surface area contributed by atoms with Gasteiger partial charge in [-0.3, -0.25) is 4.79 Å². The normalized spacial score (nSPS) is 12.1. The van der Waals surface area contributed by atoms with E-state index in [0.717, 1.165) is 25.1 Å². The van der Waals surface area contributed by atoms with Crippen molar-refractivity contribution in [2.24, 2.45) is 0 Å². The van der Waals surface area contributed by atoms with E-state index in [1.54, 1.807) is 7.11 Å². The molecular weight excluding hydrogens is 228 g/mol. The molecular formula is C14H22N2O2. The highest BCUT2D eigenvalue weighted by molar-refractivity contribution is 5.82. The Morgan fingerprint density at radius 2 is 2.00 bits per heavy atom. The smallest absolute Gasteiger partial charge is 0.253 e. The summed E-state index contributed by atoms with van der Waals surface area (Å²) >= 11 is 0. The first-order valence-electron chi connectivity index (χ1n) is 6.35. The van der Waals surface area contributed by atoms with Gasteiger partial charge in [-0.15, -0.1) is 0 Å². The molecule has 0 aliphatic carbocycles. The number of carbonyl (C=O) groups excluding carboxylic acids is 1. The standard InChI is InChI=1S/C14H22N2O2/c1-3-15-10-7-11-16-14(17)13(18-2)12-8-5-4-6-9-12/h4-6,8-9,13,15H,3,7,10-11H2,1-2H3,(H,16,17). The van der Waals surface area contributed by atoms with Gasteiger partial charge in [0, 0.05) is 13.7 Å². The molecule has 0 aliphatic heterocycles. The molecule has 1 rings (SSSR count). The average Bonchev–Trinajstić information content (AvgIpc) is 2.40. The minimum atomic E-state index is -0.523. The van der Waals surface area contributed by atoms with Crippen LogP contribution in [0.25, 0.3) is 0 Å². The third-order valence-electron chi connectivity index (χ3n) is 2.66. The third-order valence-corrected chi connectivity index (χ3v) is 2.66. The Labute approximate surface area is 109 Å². The number of hydrogen-bond donors (Lipinski definition) is 2. The van der Waals surface area contributed by atoms with Crippen molar-refractivity contribution in [3.05, 3.63) is 35.9 Å². The molecule has 0 aromatic heterocycles. The van der Waals surface area contributed by atoms with Crippen LogP contribution in [0.2, 0.25) is 0 Å². The average molecular weight is 250 g/mol. The van der Waals surface area contributed by atoms with Crippen LogP contribution < -0.4 is 10.6 Å². The fourth-order valence-corrected chi connectivity index (χ4v) is 1.72. The zero-order valence-electron chi connectivity index (χ0n) is 11.1. The lowest BCUT2D eigenvalue weighted by atomic mass is 10.1. The van der Waals surface area contributed by atoms with Gasteiger partial charge in [0.15, 0.2) is 6.10 Å². The first-order chi connectivity index (χ1) is 8.79. The van der Waals surface area contributed by atoms with Crippen LogP contribution in [0.4, 0.5) is 0 Å². The summed E-state index contributed by atoms with van der Waals surface area (Å²) in [4.78, 5) is 12.0. The van der Waals surface area contributed by atoms with Gasteiger partial charge in [-0.05, 0) is 25.1 Å². The van der Waals surface area contributed by atoms with Crippen molar-refractivity contribution >= 4 is 5.91 Å². The van der Waals surface area contributed by atoms with Crippen LogP contribution in [0.1, 0.15) is 25.0 Å². The van der Waals surface area contributed by atoms with E-state index in [1.165, 1.54) is 0 Å².